The van der Waals surface area contributed by atoms with Gasteiger partial charge in [0.25, 0.3) is 5.91 Å². The summed E-state index contributed by atoms with van der Waals surface area (Å²) in [4.78, 5) is 24.9. The quantitative estimate of drug-likeness (QED) is 0.838. The molecule has 3 rings (SSSR count). The third-order valence-electron chi connectivity index (χ3n) is 3.32. The van der Waals surface area contributed by atoms with E-state index in [1.807, 2.05) is 24.3 Å². The van der Waals surface area contributed by atoms with Crippen LogP contribution in [-0.4, -0.2) is 23.5 Å². The molecule has 0 unspecified atom stereocenters. The summed E-state index contributed by atoms with van der Waals surface area (Å²) in [5, 5.41) is 9.07. The molecule has 0 spiro atoms. The van der Waals surface area contributed by atoms with Crippen molar-refractivity contribution in [1.82, 2.24) is 0 Å². The van der Waals surface area contributed by atoms with Crippen molar-refractivity contribution in [1.29, 1.82) is 0 Å². The molecule has 116 valence electrons. The summed E-state index contributed by atoms with van der Waals surface area (Å²) in [6.45, 7) is -0.424. The number of amides is 1. The molecule has 1 heterocycles. The van der Waals surface area contributed by atoms with Crippen molar-refractivity contribution >= 4 is 39.6 Å². The van der Waals surface area contributed by atoms with Gasteiger partial charge in [-0.25, -0.2) is 0 Å². The molecule has 0 fully saturated rings. The largest absolute Gasteiger partial charge is 0.480 e. The van der Waals surface area contributed by atoms with Crippen LogP contribution in [0.25, 0.3) is 6.08 Å². The molecule has 5 nitrogen and oxygen atoms in total. The zero-order valence-electron chi connectivity index (χ0n) is 11.9. The standard InChI is InChI=1S/C17H12BrNO4/c18-12-6-2-1-5-11(12)9-15-17(22)19(10-16(20)21)13-7-3-4-8-14(13)23-15/h1-9H,10H2,(H,20,21)/b15-9-. The molecule has 1 aliphatic rings. The first-order chi connectivity index (χ1) is 11.1. The van der Waals surface area contributed by atoms with Crippen LogP contribution in [0.4, 0.5) is 5.69 Å². The van der Waals surface area contributed by atoms with Crippen molar-refractivity contribution in [2.75, 3.05) is 11.4 Å². The van der Waals surface area contributed by atoms with Gasteiger partial charge in [0.15, 0.2) is 11.5 Å². The average Bonchev–Trinajstić information content (AvgIpc) is 2.53. The third-order valence-corrected chi connectivity index (χ3v) is 4.04. The maximum absolute atomic E-state index is 12.6. The average molecular weight is 374 g/mol. The van der Waals surface area contributed by atoms with Crippen LogP contribution in [0.1, 0.15) is 5.56 Å². The van der Waals surface area contributed by atoms with Gasteiger partial charge in [0.1, 0.15) is 6.54 Å². The number of carboxylic acid groups (broad SMARTS) is 1. The number of ether oxygens (including phenoxy) is 1. The predicted octanol–water partition coefficient (Wildman–Crippen LogP) is 3.30. The lowest BCUT2D eigenvalue weighted by Gasteiger charge is -2.29. The van der Waals surface area contributed by atoms with Crippen molar-refractivity contribution in [2.45, 2.75) is 0 Å². The lowest BCUT2D eigenvalue weighted by atomic mass is 10.1. The molecule has 0 saturated heterocycles. The summed E-state index contributed by atoms with van der Waals surface area (Å²) < 4.78 is 6.48. The number of rotatable bonds is 3. The van der Waals surface area contributed by atoms with E-state index in [0.717, 1.165) is 10.0 Å². The highest BCUT2D eigenvalue weighted by Crippen LogP contribution is 2.35. The van der Waals surface area contributed by atoms with E-state index in [0.29, 0.717) is 11.4 Å². The van der Waals surface area contributed by atoms with Crippen molar-refractivity contribution in [3.63, 3.8) is 0 Å². The minimum absolute atomic E-state index is 0.0804. The van der Waals surface area contributed by atoms with E-state index < -0.39 is 18.4 Å². The van der Waals surface area contributed by atoms with Crippen molar-refractivity contribution < 1.29 is 19.4 Å². The first kappa shape index (κ1) is 15.3. The Morgan fingerprint density at radius 1 is 1.17 bits per heavy atom. The molecular formula is C17H12BrNO4. The zero-order chi connectivity index (χ0) is 16.4. The minimum Gasteiger partial charge on any atom is -0.480 e. The highest BCUT2D eigenvalue weighted by atomic mass is 79.9. The molecule has 0 saturated carbocycles. The van der Waals surface area contributed by atoms with Crippen molar-refractivity contribution in [3.05, 3.63) is 64.3 Å². The number of hydrogen-bond donors (Lipinski definition) is 1. The minimum atomic E-state index is -1.09. The van der Waals surface area contributed by atoms with Crippen LogP contribution in [0.15, 0.2) is 58.8 Å². The van der Waals surface area contributed by atoms with Gasteiger partial charge in [0.05, 0.1) is 5.69 Å². The second-order valence-corrected chi connectivity index (χ2v) is 5.74. The van der Waals surface area contributed by atoms with Gasteiger partial charge in [-0.3, -0.25) is 14.5 Å². The van der Waals surface area contributed by atoms with Crippen LogP contribution >= 0.6 is 15.9 Å². The summed E-state index contributed by atoms with van der Waals surface area (Å²) in [6, 6.07) is 14.2. The topological polar surface area (TPSA) is 66.8 Å². The maximum Gasteiger partial charge on any atom is 0.323 e. The molecule has 2 aromatic rings. The second-order valence-electron chi connectivity index (χ2n) is 4.88. The van der Waals surface area contributed by atoms with Gasteiger partial charge >= 0.3 is 5.97 Å². The van der Waals surface area contributed by atoms with Gasteiger partial charge in [0, 0.05) is 4.47 Å². The number of benzene rings is 2. The van der Waals surface area contributed by atoms with E-state index in [1.165, 1.54) is 4.90 Å². The molecule has 1 amide bonds. The van der Waals surface area contributed by atoms with Gasteiger partial charge in [0.2, 0.25) is 0 Å². The Hall–Kier alpha value is -2.60. The lowest BCUT2D eigenvalue weighted by Crippen LogP contribution is -2.40. The van der Waals surface area contributed by atoms with Crippen molar-refractivity contribution in [2.24, 2.45) is 0 Å². The fourth-order valence-corrected chi connectivity index (χ4v) is 2.69. The van der Waals surface area contributed by atoms with Gasteiger partial charge in [-0.1, -0.05) is 46.3 Å². The number of anilines is 1. The van der Waals surface area contributed by atoms with E-state index in [9.17, 15) is 9.59 Å². The van der Waals surface area contributed by atoms with E-state index in [2.05, 4.69) is 15.9 Å². The Morgan fingerprint density at radius 2 is 1.87 bits per heavy atom. The summed E-state index contributed by atoms with van der Waals surface area (Å²) in [5.74, 6) is -1.04. The number of carboxylic acids is 1. The molecule has 0 aliphatic carbocycles. The predicted molar refractivity (Wildman–Crippen MR) is 89.2 cm³/mol. The van der Waals surface area contributed by atoms with Crippen LogP contribution in [0.2, 0.25) is 0 Å². The Labute approximate surface area is 140 Å². The molecule has 0 radical (unpaired) electrons. The molecule has 0 bridgehead atoms. The summed E-state index contributed by atoms with van der Waals surface area (Å²) in [5.41, 5.74) is 1.22. The number of nitrogens with zero attached hydrogens (tertiary/aromatic N) is 1. The molecule has 23 heavy (non-hydrogen) atoms. The normalized spacial score (nSPS) is 15.3. The van der Waals surface area contributed by atoms with Gasteiger partial charge in [-0.15, -0.1) is 0 Å². The number of halogens is 1. The number of para-hydroxylation sites is 2. The Bertz CT molecular complexity index is 816. The summed E-state index contributed by atoms with van der Waals surface area (Å²) in [7, 11) is 0. The van der Waals surface area contributed by atoms with Gasteiger partial charge in [-0.2, -0.15) is 0 Å². The number of hydrogen-bond acceptors (Lipinski definition) is 3. The van der Waals surface area contributed by atoms with Crippen LogP contribution < -0.4 is 9.64 Å². The van der Waals surface area contributed by atoms with E-state index in [-0.39, 0.29) is 5.76 Å². The van der Waals surface area contributed by atoms with E-state index >= 15 is 0 Å². The number of carbonyl (C=O) groups excluding carboxylic acids is 1. The Morgan fingerprint density at radius 3 is 2.61 bits per heavy atom. The fourth-order valence-electron chi connectivity index (χ4n) is 2.29. The highest BCUT2D eigenvalue weighted by Gasteiger charge is 2.31. The van der Waals surface area contributed by atoms with Gasteiger partial charge in [-0.05, 0) is 29.8 Å². The van der Waals surface area contributed by atoms with E-state index in [4.69, 9.17) is 9.84 Å². The molecule has 0 atom stereocenters. The number of aliphatic carboxylic acids is 1. The summed E-state index contributed by atoms with van der Waals surface area (Å²) >= 11 is 3.41. The first-order valence-electron chi connectivity index (χ1n) is 6.83. The van der Waals surface area contributed by atoms with Crippen LogP contribution in [0, 0.1) is 0 Å². The van der Waals surface area contributed by atoms with Crippen LogP contribution in [0.5, 0.6) is 5.75 Å². The Kier molecular flexibility index (Phi) is 4.16. The molecule has 0 aromatic heterocycles. The van der Waals surface area contributed by atoms with Crippen LogP contribution in [0.3, 0.4) is 0 Å². The zero-order valence-corrected chi connectivity index (χ0v) is 13.5. The van der Waals surface area contributed by atoms with Gasteiger partial charge < -0.3 is 9.84 Å². The third kappa shape index (κ3) is 3.12. The lowest BCUT2D eigenvalue weighted by molar-refractivity contribution is -0.136. The highest BCUT2D eigenvalue weighted by molar-refractivity contribution is 9.10. The fraction of sp³-hybridized carbons (Fsp3) is 0.0588. The first-order valence-corrected chi connectivity index (χ1v) is 7.62. The van der Waals surface area contributed by atoms with Crippen molar-refractivity contribution in [3.8, 4) is 5.75 Å². The smallest absolute Gasteiger partial charge is 0.323 e. The van der Waals surface area contributed by atoms with Crippen LogP contribution in [-0.2, 0) is 9.59 Å². The van der Waals surface area contributed by atoms with E-state index in [1.54, 1.807) is 30.3 Å². The molecule has 6 heteroatoms. The maximum atomic E-state index is 12.6. The molecular weight excluding hydrogens is 362 g/mol. The second kappa shape index (κ2) is 6.26. The number of fused-ring (bicyclic) bond motifs is 1. The summed E-state index contributed by atoms with van der Waals surface area (Å²) in [6.07, 6.45) is 1.59. The monoisotopic (exact) mass is 373 g/mol. The molecule has 1 aliphatic heterocycles. The number of carbonyl (C=O) groups is 2. The SMILES string of the molecule is O=C(O)CN1C(=O)/C(=C/c2ccccc2Br)Oc2ccccc21. The Balaban J connectivity index is 2.06. The molecule has 2 aromatic carbocycles. The molecule has 1 N–H and O–H groups in total.